The van der Waals surface area contributed by atoms with Crippen molar-refractivity contribution in [1.29, 1.82) is 0 Å². The fourth-order valence-electron chi connectivity index (χ4n) is 1.50. The number of H-pyrrole nitrogens is 1. The summed E-state index contributed by atoms with van der Waals surface area (Å²) in [6.45, 7) is 3.84. The molecule has 1 aromatic heterocycles. The van der Waals surface area contributed by atoms with Crippen molar-refractivity contribution >= 4 is 22.5 Å². The summed E-state index contributed by atoms with van der Waals surface area (Å²) in [6.07, 6.45) is 1.76. The van der Waals surface area contributed by atoms with E-state index in [0.29, 0.717) is 0 Å². The topological polar surface area (TPSA) is 67.0 Å². The van der Waals surface area contributed by atoms with Crippen LogP contribution in [0.5, 0.6) is 0 Å². The summed E-state index contributed by atoms with van der Waals surface area (Å²) < 4.78 is 5.23. The predicted molar refractivity (Wildman–Crippen MR) is 65.8 cm³/mol. The number of anilines is 1. The molecule has 5 nitrogen and oxygen atoms in total. The van der Waals surface area contributed by atoms with Gasteiger partial charge >= 0.3 is 0 Å². The zero-order chi connectivity index (χ0) is 12.3. The Morgan fingerprint density at radius 2 is 2.35 bits per heavy atom. The van der Waals surface area contributed by atoms with Gasteiger partial charge in [-0.15, -0.1) is 0 Å². The van der Waals surface area contributed by atoms with Crippen LogP contribution in [-0.2, 0) is 9.53 Å². The molecule has 0 saturated carbocycles. The third kappa shape index (κ3) is 2.82. The highest BCUT2D eigenvalue weighted by Crippen LogP contribution is 2.20. The second kappa shape index (κ2) is 4.97. The van der Waals surface area contributed by atoms with E-state index < -0.39 is 0 Å². The van der Waals surface area contributed by atoms with Crippen LogP contribution in [0.25, 0.3) is 10.9 Å². The molecular formula is C12H15N3O2. The quantitative estimate of drug-likeness (QED) is 0.847. The molecule has 0 aliphatic rings. The van der Waals surface area contributed by atoms with Gasteiger partial charge in [-0.2, -0.15) is 5.10 Å². The number of hydrogen-bond acceptors (Lipinski definition) is 3. The molecule has 2 rings (SSSR count). The molecule has 17 heavy (non-hydrogen) atoms. The Kier molecular flexibility index (Phi) is 3.39. The number of amides is 1. The van der Waals surface area contributed by atoms with Crippen LogP contribution >= 0.6 is 0 Å². The van der Waals surface area contributed by atoms with Crippen LogP contribution in [-0.4, -0.2) is 28.8 Å². The van der Waals surface area contributed by atoms with Crippen LogP contribution in [0.2, 0.25) is 0 Å². The van der Waals surface area contributed by atoms with E-state index in [-0.39, 0.29) is 18.6 Å². The summed E-state index contributed by atoms with van der Waals surface area (Å²) in [5.74, 6) is -0.166. The van der Waals surface area contributed by atoms with Crippen LogP contribution in [0.1, 0.15) is 13.8 Å². The van der Waals surface area contributed by atoms with E-state index in [2.05, 4.69) is 15.5 Å². The molecule has 90 valence electrons. The minimum Gasteiger partial charge on any atom is -0.369 e. The van der Waals surface area contributed by atoms with Crippen molar-refractivity contribution in [1.82, 2.24) is 10.2 Å². The van der Waals surface area contributed by atoms with Crippen LogP contribution in [0.15, 0.2) is 24.4 Å². The number of fused-ring (bicyclic) bond motifs is 1. The highest BCUT2D eigenvalue weighted by Gasteiger charge is 2.07. The Balaban J connectivity index is 2.08. The van der Waals surface area contributed by atoms with Crippen LogP contribution in [0.4, 0.5) is 5.69 Å². The maximum absolute atomic E-state index is 11.6. The van der Waals surface area contributed by atoms with Crippen molar-refractivity contribution in [2.75, 3.05) is 11.9 Å². The predicted octanol–water partition coefficient (Wildman–Crippen LogP) is 1.93. The summed E-state index contributed by atoms with van der Waals surface area (Å²) in [7, 11) is 0. The molecule has 2 aromatic rings. The Labute approximate surface area is 99.2 Å². The molecule has 0 saturated heterocycles. The molecule has 0 aliphatic carbocycles. The monoisotopic (exact) mass is 233 g/mol. The third-order valence-electron chi connectivity index (χ3n) is 2.30. The molecule has 1 amide bonds. The van der Waals surface area contributed by atoms with Gasteiger partial charge in [-0.25, -0.2) is 0 Å². The molecule has 0 aliphatic heterocycles. The van der Waals surface area contributed by atoms with E-state index in [4.69, 9.17) is 4.74 Å². The average Bonchev–Trinajstić information content (AvgIpc) is 2.75. The summed E-state index contributed by atoms with van der Waals surface area (Å²) in [5.41, 5.74) is 1.54. The first kappa shape index (κ1) is 11.6. The molecule has 1 heterocycles. The van der Waals surface area contributed by atoms with Crippen LogP contribution in [0.3, 0.4) is 0 Å². The van der Waals surface area contributed by atoms with E-state index in [1.165, 1.54) is 0 Å². The lowest BCUT2D eigenvalue weighted by Gasteiger charge is -2.08. The number of carbonyl (C=O) groups excluding carboxylic acids is 1. The number of rotatable bonds is 4. The number of aromatic nitrogens is 2. The number of nitrogens with zero attached hydrogens (tertiary/aromatic N) is 1. The lowest BCUT2D eigenvalue weighted by atomic mass is 10.2. The second-order valence-electron chi connectivity index (χ2n) is 4.05. The van der Waals surface area contributed by atoms with Crippen LogP contribution in [0, 0.1) is 0 Å². The normalized spacial score (nSPS) is 11.0. The van der Waals surface area contributed by atoms with Gasteiger partial charge in [0.05, 0.1) is 23.5 Å². The van der Waals surface area contributed by atoms with E-state index in [0.717, 1.165) is 16.6 Å². The van der Waals surface area contributed by atoms with Crippen molar-refractivity contribution in [2.24, 2.45) is 0 Å². The molecule has 1 aromatic carbocycles. The van der Waals surface area contributed by atoms with Crippen molar-refractivity contribution in [3.05, 3.63) is 24.4 Å². The maximum Gasteiger partial charge on any atom is 0.250 e. The van der Waals surface area contributed by atoms with Gasteiger partial charge in [-0.1, -0.05) is 12.1 Å². The van der Waals surface area contributed by atoms with Gasteiger partial charge < -0.3 is 10.1 Å². The molecule has 2 N–H and O–H groups in total. The maximum atomic E-state index is 11.6. The third-order valence-corrected chi connectivity index (χ3v) is 2.30. The molecule has 5 heteroatoms. The lowest BCUT2D eigenvalue weighted by Crippen LogP contribution is -2.20. The minimum atomic E-state index is -0.166. The first-order valence-electron chi connectivity index (χ1n) is 5.50. The standard InChI is InChI=1S/C12H15N3O2/c1-8(2)17-7-11(16)14-10-5-3-4-9-6-13-15-12(9)10/h3-6,8H,7H2,1-2H3,(H,13,15)(H,14,16). The van der Waals surface area contributed by atoms with Crippen molar-refractivity contribution in [3.63, 3.8) is 0 Å². The van der Waals surface area contributed by atoms with Crippen LogP contribution < -0.4 is 5.32 Å². The summed E-state index contributed by atoms with van der Waals surface area (Å²) >= 11 is 0. The Morgan fingerprint density at radius 1 is 1.53 bits per heavy atom. The largest absolute Gasteiger partial charge is 0.369 e. The second-order valence-corrected chi connectivity index (χ2v) is 4.05. The molecule has 0 bridgehead atoms. The fourth-order valence-corrected chi connectivity index (χ4v) is 1.50. The summed E-state index contributed by atoms with van der Waals surface area (Å²) in [5, 5.41) is 10.5. The SMILES string of the molecule is CC(C)OCC(=O)Nc1cccc2cn[nH]c12. The van der Waals surface area contributed by atoms with Crippen molar-refractivity contribution in [2.45, 2.75) is 20.0 Å². The van der Waals surface area contributed by atoms with Crippen molar-refractivity contribution < 1.29 is 9.53 Å². The van der Waals surface area contributed by atoms with E-state index in [1.807, 2.05) is 32.0 Å². The molecule has 0 spiro atoms. The number of carbonyl (C=O) groups is 1. The Morgan fingerprint density at radius 3 is 3.12 bits per heavy atom. The van der Waals surface area contributed by atoms with Gasteiger partial charge in [0.25, 0.3) is 0 Å². The molecule has 0 atom stereocenters. The minimum absolute atomic E-state index is 0.0451. The van der Waals surface area contributed by atoms with Gasteiger partial charge in [-0.3, -0.25) is 9.89 Å². The van der Waals surface area contributed by atoms with Gasteiger partial charge in [0.1, 0.15) is 6.61 Å². The molecule has 0 unspecified atom stereocenters. The molecule has 0 radical (unpaired) electrons. The highest BCUT2D eigenvalue weighted by atomic mass is 16.5. The molecule has 0 fully saturated rings. The van der Waals surface area contributed by atoms with Gasteiger partial charge in [0, 0.05) is 5.39 Å². The number of benzene rings is 1. The summed E-state index contributed by atoms with van der Waals surface area (Å²) in [6, 6.07) is 5.63. The van der Waals surface area contributed by atoms with Crippen molar-refractivity contribution in [3.8, 4) is 0 Å². The zero-order valence-electron chi connectivity index (χ0n) is 9.86. The van der Waals surface area contributed by atoms with Gasteiger partial charge in [-0.05, 0) is 19.9 Å². The van der Waals surface area contributed by atoms with E-state index >= 15 is 0 Å². The first-order chi connectivity index (χ1) is 8.16. The first-order valence-corrected chi connectivity index (χ1v) is 5.50. The average molecular weight is 233 g/mol. The number of aromatic amines is 1. The Bertz CT molecular complexity index is 519. The highest BCUT2D eigenvalue weighted by molar-refractivity contribution is 6.00. The van der Waals surface area contributed by atoms with E-state index in [9.17, 15) is 4.79 Å². The number of ether oxygens (including phenoxy) is 1. The van der Waals surface area contributed by atoms with Gasteiger partial charge in [0.15, 0.2) is 0 Å². The summed E-state index contributed by atoms with van der Waals surface area (Å²) in [4.78, 5) is 11.6. The number of hydrogen-bond donors (Lipinski definition) is 2. The molecular weight excluding hydrogens is 218 g/mol. The van der Waals surface area contributed by atoms with Gasteiger partial charge in [0.2, 0.25) is 5.91 Å². The smallest absolute Gasteiger partial charge is 0.250 e. The Hall–Kier alpha value is -1.88. The number of nitrogens with one attached hydrogen (secondary N) is 2. The zero-order valence-corrected chi connectivity index (χ0v) is 9.86. The fraction of sp³-hybridized carbons (Fsp3) is 0.333. The van der Waals surface area contributed by atoms with E-state index in [1.54, 1.807) is 6.20 Å². The lowest BCUT2D eigenvalue weighted by molar-refractivity contribution is -0.121. The number of para-hydroxylation sites is 1.